The van der Waals surface area contributed by atoms with Gasteiger partial charge in [0.05, 0.1) is 11.0 Å². The van der Waals surface area contributed by atoms with Gasteiger partial charge in [-0.3, -0.25) is 15.0 Å². The number of para-hydroxylation sites is 1. The third-order valence-corrected chi connectivity index (χ3v) is 4.22. The fraction of sp³-hybridized carbons (Fsp3) is 0.625. The summed E-state index contributed by atoms with van der Waals surface area (Å²) in [6.07, 6.45) is 4.68. The summed E-state index contributed by atoms with van der Waals surface area (Å²) in [5.74, 6) is 0. The molecular formula is C16H24N2O3. The number of rotatable bonds is 6. The summed E-state index contributed by atoms with van der Waals surface area (Å²) in [7, 11) is 0. The Morgan fingerprint density at radius 2 is 2.19 bits per heavy atom. The first-order valence-electron chi connectivity index (χ1n) is 7.72. The molecule has 116 valence electrons. The van der Waals surface area contributed by atoms with Crippen LogP contribution in [0.1, 0.15) is 38.2 Å². The number of hydrogen-bond acceptors (Lipinski definition) is 4. The van der Waals surface area contributed by atoms with E-state index in [2.05, 4.69) is 4.90 Å². The zero-order valence-corrected chi connectivity index (χ0v) is 12.6. The minimum Gasteiger partial charge on any atom is -0.393 e. The third kappa shape index (κ3) is 4.51. The van der Waals surface area contributed by atoms with E-state index in [0.29, 0.717) is 12.5 Å². The van der Waals surface area contributed by atoms with E-state index in [1.54, 1.807) is 12.1 Å². The molecular weight excluding hydrogens is 268 g/mol. The van der Waals surface area contributed by atoms with Crippen LogP contribution in [0.5, 0.6) is 0 Å². The van der Waals surface area contributed by atoms with Crippen molar-refractivity contribution >= 4 is 5.69 Å². The maximum atomic E-state index is 11.0. The van der Waals surface area contributed by atoms with E-state index in [1.165, 1.54) is 12.8 Å². The molecule has 0 spiro atoms. The summed E-state index contributed by atoms with van der Waals surface area (Å²) >= 11 is 0. The van der Waals surface area contributed by atoms with Crippen LogP contribution in [0, 0.1) is 10.1 Å². The Bertz CT molecular complexity index is 476. The smallest absolute Gasteiger partial charge is 0.272 e. The summed E-state index contributed by atoms with van der Waals surface area (Å²) in [5.41, 5.74) is 1.01. The van der Waals surface area contributed by atoms with Gasteiger partial charge in [-0.15, -0.1) is 0 Å². The van der Waals surface area contributed by atoms with Crippen molar-refractivity contribution < 1.29 is 10.0 Å². The van der Waals surface area contributed by atoms with Gasteiger partial charge in [0, 0.05) is 24.2 Å². The number of nitrogens with zero attached hydrogens (tertiary/aromatic N) is 2. The van der Waals surface area contributed by atoms with Gasteiger partial charge >= 0.3 is 0 Å². The van der Waals surface area contributed by atoms with Gasteiger partial charge < -0.3 is 5.11 Å². The molecule has 0 bridgehead atoms. The van der Waals surface area contributed by atoms with Crippen molar-refractivity contribution in [3.8, 4) is 0 Å². The number of piperidine rings is 1. The van der Waals surface area contributed by atoms with E-state index in [0.717, 1.165) is 31.5 Å². The summed E-state index contributed by atoms with van der Waals surface area (Å²) in [6, 6.07) is 7.37. The van der Waals surface area contributed by atoms with Crippen molar-refractivity contribution in [1.29, 1.82) is 0 Å². The minimum atomic E-state index is -0.307. The van der Waals surface area contributed by atoms with Gasteiger partial charge in [0.15, 0.2) is 0 Å². The number of likely N-dealkylation sites (tertiary alicyclic amines) is 1. The number of aliphatic hydroxyl groups excluding tert-OH is 1. The average Bonchev–Trinajstić information content (AvgIpc) is 2.46. The molecule has 0 amide bonds. The summed E-state index contributed by atoms with van der Waals surface area (Å²) in [4.78, 5) is 13.1. The number of nitro groups is 1. The van der Waals surface area contributed by atoms with Crippen LogP contribution in [0.4, 0.5) is 5.69 Å². The Kier molecular flexibility index (Phi) is 5.70. The molecule has 1 aliphatic heterocycles. The number of hydrogen-bond donors (Lipinski definition) is 1. The monoisotopic (exact) mass is 292 g/mol. The van der Waals surface area contributed by atoms with Gasteiger partial charge in [-0.2, -0.15) is 0 Å². The van der Waals surface area contributed by atoms with Crippen molar-refractivity contribution in [3.05, 3.63) is 39.9 Å². The van der Waals surface area contributed by atoms with Crippen LogP contribution < -0.4 is 0 Å². The van der Waals surface area contributed by atoms with Crippen LogP contribution in [-0.4, -0.2) is 40.2 Å². The zero-order valence-electron chi connectivity index (χ0n) is 12.6. The number of nitro benzene ring substituents is 1. The molecule has 1 N–H and O–H groups in total. The molecule has 1 saturated heterocycles. The SMILES string of the molecule is CC(O)CC1CCCCN1CCc1ccccc1[N+](=O)[O-]. The van der Waals surface area contributed by atoms with Crippen LogP contribution in [-0.2, 0) is 6.42 Å². The van der Waals surface area contributed by atoms with Crippen molar-refractivity contribution in [2.45, 2.75) is 51.2 Å². The van der Waals surface area contributed by atoms with E-state index in [1.807, 2.05) is 19.1 Å². The van der Waals surface area contributed by atoms with Crippen molar-refractivity contribution in [2.75, 3.05) is 13.1 Å². The molecule has 5 nitrogen and oxygen atoms in total. The summed E-state index contributed by atoms with van der Waals surface area (Å²) < 4.78 is 0. The lowest BCUT2D eigenvalue weighted by molar-refractivity contribution is -0.385. The molecule has 1 aromatic carbocycles. The molecule has 0 radical (unpaired) electrons. The number of benzene rings is 1. The third-order valence-electron chi connectivity index (χ3n) is 4.22. The van der Waals surface area contributed by atoms with Crippen molar-refractivity contribution in [1.82, 2.24) is 4.90 Å². The largest absolute Gasteiger partial charge is 0.393 e. The average molecular weight is 292 g/mol. The second-order valence-electron chi connectivity index (χ2n) is 5.91. The van der Waals surface area contributed by atoms with E-state index in [9.17, 15) is 15.2 Å². The predicted molar refractivity (Wildman–Crippen MR) is 82.3 cm³/mol. The van der Waals surface area contributed by atoms with Gasteiger partial charge in [-0.25, -0.2) is 0 Å². The molecule has 1 heterocycles. The first-order chi connectivity index (χ1) is 10.1. The predicted octanol–water partition coefficient (Wildman–Crippen LogP) is 2.76. The van der Waals surface area contributed by atoms with E-state index < -0.39 is 0 Å². The van der Waals surface area contributed by atoms with Crippen molar-refractivity contribution in [2.24, 2.45) is 0 Å². The lowest BCUT2D eigenvalue weighted by Gasteiger charge is -2.36. The Balaban J connectivity index is 1.99. The second kappa shape index (κ2) is 7.52. The minimum absolute atomic E-state index is 0.210. The molecule has 0 saturated carbocycles. The Hall–Kier alpha value is -1.46. The lowest BCUT2D eigenvalue weighted by atomic mass is 9.96. The second-order valence-corrected chi connectivity index (χ2v) is 5.91. The van der Waals surface area contributed by atoms with Crippen LogP contribution in [0.2, 0.25) is 0 Å². The maximum Gasteiger partial charge on any atom is 0.272 e. The van der Waals surface area contributed by atoms with Gasteiger partial charge in [0.1, 0.15) is 0 Å². The molecule has 0 aromatic heterocycles. The van der Waals surface area contributed by atoms with Crippen LogP contribution in [0.25, 0.3) is 0 Å². The van der Waals surface area contributed by atoms with Crippen LogP contribution in [0.3, 0.4) is 0 Å². The van der Waals surface area contributed by atoms with Crippen molar-refractivity contribution in [3.63, 3.8) is 0 Å². The summed E-state index contributed by atoms with van der Waals surface area (Å²) in [5, 5.41) is 20.7. The normalized spacial score (nSPS) is 21.1. The number of aliphatic hydroxyl groups is 1. The van der Waals surface area contributed by atoms with Crippen LogP contribution >= 0.6 is 0 Å². The first kappa shape index (κ1) is 15.9. The fourth-order valence-electron chi connectivity index (χ4n) is 3.18. The molecule has 1 aromatic rings. The molecule has 2 rings (SSSR count). The Morgan fingerprint density at radius 3 is 2.90 bits per heavy atom. The lowest BCUT2D eigenvalue weighted by Crippen LogP contribution is -2.42. The van der Waals surface area contributed by atoms with Crippen LogP contribution in [0.15, 0.2) is 24.3 Å². The maximum absolute atomic E-state index is 11.0. The Morgan fingerprint density at radius 1 is 1.43 bits per heavy atom. The van der Waals surface area contributed by atoms with Gasteiger partial charge in [-0.1, -0.05) is 24.6 Å². The van der Waals surface area contributed by atoms with E-state index in [-0.39, 0.29) is 16.7 Å². The molecule has 2 atom stereocenters. The molecule has 1 fully saturated rings. The van der Waals surface area contributed by atoms with Gasteiger partial charge in [0.25, 0.3) is 5.69 Å². The highest BCUT2D eigenvalue weighted by molar-refractivity contribution is 5.39. The summed E-state index contributed by atoms with van der Waals surface area (Å²) in [6.45, 7) is 3.68. The highest BCUT2D eigenvalue weighted by atomic mass is 16.6. The van der Waals surface area contributed by atoms with Gasteiger partial charge in [-0.05, 0) is 39.2 Å². The fourth-order valence-corrected chi connectivity index (χ4v) is 3.18. The highest BCUT2D eigenvalue weighted by Gasteiger charge is 2.24. The van der Waals surface area contributed by atoms with E-state index in [4.69, 9.17) is 0 Å². The quantitative estimate of drug-likeness (QED) is 0.646. The molecule has 2 unspecified atom stereocenters. The standard InChI is InChI=1S/C16H24N2O3/c1-13(19)12-15-7-4-5-10-17(15)11-9-14-6-2-3-8-16(14)18(20)21/h2-3,6,8,13,15,19H,4-5,7,9-12H2,1H3. The molecule has 21 heavy (non-hydrogen) atoms. The highest BCUT2D eigenvalue weighted by Crippen LogP contribution is 2.23. The first-order valence-corrected chi connectivity index (χ1v) is 7.72. The molecule has 5 heteroatoms. The van der Waals surface area contributed by atoms with E-state index >= 15 is 0 Å². The molecule has 1 aliphatic rings. The zero-order chi connectivity index (χ0) is 15.2. The van der Waals surface area contributed by atoms with Gasteiger partial charge in [0.2, 0.25) is 0 Å². The molecule has 0 aliphatic carbocycles. The Labute approximate surface area is 125 Å². The topological polar surface area (TPSA) is 66.6 Å².